The topological polar surface area (TPSA) is 91.4 Å². The zero-order valence-electron chi connectivity index (χ0n) is 14.2. The van der Waals surface area contributed by atoms with E-state index in [1.807, 2.05) is 0 Å². The van der Waals surface area contributed by atoms with E-state index in [0.29, 0.717) is 0 Å². The second kappa shape index (κ2) is 6.77. The highest BCUT2D eigenvalue weighted by Crippen LogP contribution is 2.47. The van der Waals surface area contributed by atoms with Gasteiger partial charge in [-0.2, -0.15) is 0 Å². The number of anilines is 1. The normalized spacial score (nSPS) is 13.2. The van der Waals surface area contributed by atoms with Crippen molar-refractivity contribution in [2.75, 3.05) is 32.8 Å². The Morgan fingerprint density at radius 2 is 1.71 bits per heavy atom. The molecule has 130 valence electrons. The third-order valence-electron chi connectivity index (χ3n) is 3.42. The number of nitrogens with zero attached hydrogens (tertiary/aromatic N) is 1. The van der Waals surface area contributed by atoms with Crippen molar-refractivity contribution < 1.29 is 33.3 Å². The van der Waals surface area contributed by atoms with Gasteiger partial charge < -0.3 is 18.9 Å². The van der Waals surface area contributed by atoms with Gasteiger partial charge >= 0.3 is 5.97 Å². The van der Waals surface area contributed by atoms with Gasteiger partial charge in [0.1, 0.15) is 6.54 Å². The number of hydrogen-bond acceptors (Lipinski definition) is 7. The van der Waals surface area contributed by atoms with Gasteiger partial charge in [0.05, 0.1) is 38.7 Å². The molecule has 0 atom stereocenters. The number of methoxy groups -OCH3 is 3. The minimum Gasteiger partial charge on any atom is -0.493 e. The Kier molecular flexibility index (Phi) is 4.96. The maximum Gasteiger partial charge on any atom is 0.326 e. The molecular weight excluding hydrogens is 318 g/mol. The van der Waals surface area contributed by atoms with Crippen LogP contribution in [0.1, 0.15) is 24.2 Å². The summed E-state index contributed by atoms with van der Waals surface area (Å²) in [4.78, 5) is 37.6. The Balaban J connectivity index is 2.53. The van der Waals surface area contributed by atoms with Crippen molar-refractivity contribution in [3.8, 4) is 17.2 Å². The molecule has 0 aromatic heterocycles. The van der Waals surface area contributed by atoms with Crippen molar-refractivity contribution in [3.63, 3.8) is 0 Å². The number of carbonyl (C=O) groups excluding carboxylic acids is 3. The number of esters is 1. The van der Waals surface area contributed by atoms with Gasteiger partial charge in [0.2, 0.25) is 5.75 Å². The van der Waals surface area contributed by atoms with Crippen LogP contribution in [0.15, 0.2) is 6.07 Å². The van der Waals surface area contributed by atoms with Crippen LogP contribution in [-0.4, -0.2) is 51.6 Å². The van der Waals surface area contributed by atoms with E-state index in [1.165, 1.54) is 27.4 Å². The van der Waals surface area contributed by atoms with Gasteiger partial charge in [-0.05, 0) is 13.8 Å². The molecule has 0 bridgehead atoms. The summed E-state index contributed by atoms with van der Waals surface area (Å²) in [5.74, 6) is -1.67. The van der Waals surface area contributed by atoms with Crippen molar-refractivity contribution >= 4 is 23.3 Å². The molecule has 1 aromatic carbocycles. The van der Waals surface area contributed by atoms with Crippen LogP contribution in [0.2, 0.25) is 0 Å². The number of hydrogen-bond donors (Lipinski definition) is 0. The summed E-state index contributed by atoms with van der Waals surface area (Å²) in [6.07, 6.45) is -0.328. The molecule has 1 heterocycles. The van der Waals surface area contributed by atoms with Crippen LogP contribution in [-0.2, 0) is 14.3 Å². The predicted octanol–water partition coefficient (Wildman–Crippen LogP) is 1.19. The van der Waals surface area contributed by atoms with Crippen molar-refractivity contribution in [1.29, 1.82) is 0 Å². The van der Waals surface area contributed by atoms with E-state index in [4.69, 9.17) is 18.9 Å². The molecule has 8 nitrogen and oxygen atoms in total. The average Bonchev–Trinajstić information content (AvgIpc) is 2.77. The van der Waals surface area contributed by atoms with Gasteiger partial charge in [-0.3, -0.25) is 19.3 Å². The van der Waals surface area contributed by atoms with Gasteiger partial charge in [-0.25, -0.2) is 0 Å². The first-order valence-electron chi connectivity index (χ1n) is 7.24. The largest absolute Gasteiger partial charge is 0.493 e. The Hall–Kier alpha value is -2.77. The first kappa shape index (κ1) is 17.6. The van der Waals surface area contributed by atoms with Gasteiger partial charge in [0.25, 0.3) is 11.7 Å². The van der Waals surface area contributed by atoms with Gasteiger partial charge in [0, 0.05) is 6.07 Å². The second-order valence-corrected chi connectivity index (χ2v) is 5.30. The minimum atomic E-state index is -0.834. The predicted molar refractivity (Wildman–Crippen MR) is 84.0 cm³/mol. The summed E-state index contributed by atoms with van der Waals surface area (Å²) in [6.45, 7) is 3.01. The fraction of sp³-hybridized carbons (Fsp3) is 0.438. The molecule has 8 heteroatoms. The highest BCUT2D eigenvalue weighted by Gasteiger charge is 2.42. The molecule has 1 aliphatic rings. The quantitative estimate of drug-likeness (QED) is 0.569. The van der Waals surface area contributed by atoms with E-state index in [0.717, 1.165) is 4.90 Å². The molecule has 1 amide bonds. The summed E-state index contributed by atoms with van der Waals surface area (Å²) in [5, 5.41) is 0. The molecule has 0 saturated carbocycles. The number of ketones is 1. The van der Waals surface area contributed by atoms with Crippen LogP contribution in [0.4, 0.5) is 5.69 Å². The summed E-state index contributed by atoms with van der Waals surface area (Å²) in [7, 11) is 4.16. The summed E-state index contributed by atoms with van der Waals surface area (Å²) >= 11 is 0. The SMILES string of the molecule is COc1cc2c(c(OC)c1OC)C(=O)C(=O)N2CC(=O)OC(C)C. The molecule has 24 heavy (non-hydrogen) atoms. The van der Waals surface area contributed by atoms with Gasteiger partial charge in [0.15, 0.2) is 11.5 Å². The molecule has 1 aromatic rings. The fourth-order valence-corrected chi connectivity index (χ4v) is 2.50. The molecular formula is C16H19NO7. The molecule has 0 radical (unpaired) electrons. The number of fused-ring (bicyclic) bond motifs is 1. The van der Waals surface area contributed by atoms with Crippen molar-refractivity contribution in [3.05, 3.63) is 11.6 Å². The van der Waals surface area contributed by atoms with Gasteiger partial charge in [-0.1, -0.05) is 0 Å². The Bertz CT molecular complexity index is 696. The highest BCUT2D eigenvalue weighted by molar-refractivity contribution is 6.53. The molecule has 1 aliphatic heterocycles. The van der Waals surface area contributed by atoms with E-state index >= 15 is 0 Å². The zero-order valence-corrected chi connectivity index (χ0v) is 14.2. The number of amides is 1. The number of rotatable bonds is 6. The smallest absolute Gasteiger partial charge is 0.326 e. The molecule has 0 N–H and O–H groups in total. The van der Waals surface area contributed by atoms with Crippen LogP contribution < -0.4 is 19.1 Å². The van der Waals surface area contributed by atoms with Crippen LogP contribution in [0.5, 0.6) is 17.2 Å². The van der Waals surface area contributed by atoms with E-state index in [1.54, 1.807) is 13.8 Å². The zero-order chi connectivity index (χ0) is 18.0. The number of carbonyl (C=O) groups is 3. The second-order valence-electron chi connectivity index (χ2n) is 5.30. The van der Waals surface area contributed by atoms with Crippen LogP contribution in [0.3, 0.4) is 0 Å². The lowest BCUT2D eigenvalue weighted by atomic mass is 10.1. The molecule has 0 saturated heterocycles. The van der Waals surface area contributed by atoms with E-state index in [-0.39, 0.29) is 41.1 Å². The Morgan fingerprint density at radius 3 is 2.21 bits per heavy atom. The van der Waals surface area contributed by atoms with Crippen molar-refractivity contribution in [1.82, 2.24) is 0 Å². The molecule has 2 rings (SSSR count). The van der Waals surface area contributed by atoms with E-state index < -0.39 is 17.7 Å². The van der Waals surface area contributed by atoms with Crippen molar-refractivity contribution in [2.24, 2.45) is 0 Å². The Labute approximate surface area is 139 Å². The lowest BCUT2D eigenvalue weighted by Crippen LogP contribution is -2.36. The van der Waals surface area contributed by atoms with E-state index in [9.17, 15) is 14.4 Å². The standard InChI is InChI=1S/C16H19NO7/c1-8(2)24-11(18)7-17-9-6-10(21-3)14(22-4)15(23-5)12(9)13(19)16(17)20/h6,8H,7H2,1-5H3. The molecule has 0 fully saturated rings. The fourth-order valence-electron chi connectivity index (χ4n) is 2.50. The summed E-state index contributed by atoms with van der Waals surface area (Å²) < 4.78 is 20.7. The van der Waals surface area contributed by atoms with Crippen LogP contribution >= 0.6 is 0 Å². The van der Waals surface area contributed by atoms with Gasteiger partial charge in [-0.15, -0.1) is 0 Å². The lowest BCUT2D eigenvalue weighted by Gasteiger charge is -2.19. The van der Waals surface area contributed by atoms with E-state index in [2.05, 4.69) is 0 Å². The monoisotopic (exact) mass is 337 g/mol. The average molecular weight is 337 g/mol. The summed E-state index contributed by atoms with van der Waals surface area (Å²) in [5.41, 5.74) is 0.262. The number of Topliss-reactive ketones (excluding diaryl/α,β-unsaturated/α-hetero) is 1. The van der Waals surface area contributed by atoms with Crippen molar-refractivity contribution in [2.45, 2.75) is 20.0 Å². The maximum atomic E-state index is 12.3. The third-order valence-corrected chi connectivity index (χ3v) is 3.42. The number of ether oxygens (including phenoxy) is 4. The first-order valence-corrected chi connectivity index (χ1v) is 7.24. The third kappa shape index (κ3) is 2.86. The minimum absolute atomic E-state index is 0.0393. The van der Waals surface area contributed by atoms with Crippen LogP contribution in [0.25, 0.3) is 0 Å². The lowest BCUT2D eigenvalue weighted by molar-refractivity contribution is -0.146. The highest BCUT2D eigenvalue weighted by atomic mass is 16.5. The molecule has 0 aliphatic carbocycles. The number of benzene rings is 1. The molecule has 0 unspecified atom stereocenters. The van der Waals surface area contributed by atoms with Crippen LogP contribution in [0, 0.1) is 0 Å². The summed E-state index contributed by atoms with van der Waals surface area (Å²) in [6, 6.07) is 1.46. The maximum absolute atomic E-state index is 12.3. The first-order chi connectivity index (χ1) is 11.3. The molecule has 0 spiro atoms. The Morgan fingerprint density at radius 1 is 1.08 bits per heavy atom.